The Morgan fingerprint density at radius 3 is 2.79 bits per heavy atom. The highest BCUT2D eigenvalue weighted by Gasteiger charge is 2.21. The fourth-order valence-electron chi connectivity index (χ4n) is 1.79. The summed E-state index contributed by atoms with van der Waals surface area (Å²) in [5, 5.41) is 0.426. The molecular formula is C14H11ClFNO2. The molecule has 0 atom stereocenters. The smallest absolute Gasteiger partial charge is 0.218 e. The minimum absolute atomic E-state index is 0.122. The van der Waals surface area contributed by atoms with Gasteiger partial charge in [-0.25, -0.2) is 4.39 Å². The number of rotatable bonds is 3. The van der Waals surface area contributed by atoms with Crippen molar-refractivity contribution in [3.63, 3.8) is 0 Å². The molecule has 98 valence electrons. The summed E-state index contributed by atoms with van der Waals surface area (Å²) < 4.78 is 18.8. The maximum Gasteiger partial charge on any atom is 0.218 e. The third-order valence-corrected chi connectivity index (χ3v) is 2.89. The minimum atomic E-state index is -0.638. The summed E-state index contributed by atoms with van der Waals surface area (Å²) in [6, 6.07) is 5.82. The van der Waals surface area contributed by atoms with E-state index >= 15 is 0 Å². The average molecular weight is 280 g/mol. The fraction of sp³-hybridized carbons (Fsp3) is 0.143. The Hall–Kier alpha value is -1.94. The van der Waals surface area contributed by atoms with Crippen molar-refractivity contribution in [3.05, 3.63) is 58.1 Å². The van der Waals surface area contributed by atoms with E-state index in [1.54, 1.807) is 13.0 Å². The van der Waals surface area contributed by atoms with Gasteiger partial charge >= 0.3 is 0 Å². The lowest BCUT2D eigenvalue weighted by atomic mass is 10.0. The van der Waals surface area contributed by atoms with E-state index in [1.807, 2.05) is 0 Å². The van der Waals surface area contributed by atoms with Gasteiger partial charge in [-0.15, -0.1) is 0 Å². The number of carbonyl (C=O) groups excluding carboxylic acids is 1. The first-order valence-electron chi connectivity index (χ1n) is 5.54. The Morgan fingerprint density at radius 1 is 1.42 bits per heavy atom. The van der Waals surface area contributed by atoms with E-state index in [9.17, 15) is 9.18 Å². The molecule has 0 aliphatic carbocycles. The molecular weight excluding hydrogens is 269 g/mol. The van der Waals surface area contributed by atoms with E-state index in [0.29, 0.717) is 10.6 Å². The van der Waals surface area contributed by atoms with Crippen LogP contribution in [0.5, 0.6) is 5.75 Å². The van der Waals surface area contributed by atoms with Crippen molar-refractivity contribution in [1.29, 1.82) is 0 Å². The van der Waals surface area contributed by atoms with E-state index in [2.05, 4.69) is 4.98 Å². The number of ketones is 1. The molecule has 0 unspecified atom stereocenters. The van der Waals surface area contributed by atoms with Crippen molar-refractivity contribution >= 4 is 17.4 Å². The van der Waals surface area contributed by atoms with E-state index in [-0.39, 0.29) is 17.0 Å². The van der Waals surface area contributed by atoms with Gasteiger partial charge in [0.15, 0.2) is 0 Å². The van der Waals surface area contributed by atoms with Crippen LogP contribution in [0.25, 0.3) is 0 Å². The molecule has 1 aromatic heterocycles. The molecule has 3 nitrogen and oxygen atoms in total. The number of ether oxygens (including phenoxy) is 1. The molecule has 0 saturated heterocycles. The van der Waals surface area contributed by atoms with Crippen LogP contribution in [0.4, 0.5) is 4.39 Å². The maximum absolute atomic E-state index is 13.8. The number of benzene rings is 1. The zero-order valence-corrected chi connectivity index (χ0v) is 11.2. The summed E-state index contributed by atoms with van der Waals surface area (Å²) in [6.07, 6.45) is 1.36. The molecule has 0 radical (unpaired) electrons. The minimum Gasteiger partial charge on any atom is -0.496 e. The number of methoxy groups -OCH3 is 1. The van der Waals surface area contributed by atoms with Crippen LogP contribution < -0.4 is 4.74 Å². The summed E-state index contributed by atoms with van der Waals surface area (Å²) in [5.74, 6) is -0.981. The quantitative estimate of drug-likeness (QED) is 0.808. The number of carbonyl (C=O) groups is 1. The van der Waals surface area contributed by atoms with Gasteiger partial charge in [0.2, 0.25) is 5.78 Å². The van der Waals surface area contributed by atoms with Crippen molar-refractivity contribution in [3.8, 4) is 5.75 Å². The monoisotopic (exact) mass is 279 g/mol. The molecule has 0 N–H and O–H groups in total. The van der Waals surface area contributed by atoms with Gasteiger partial charge in [0.25, 0.3) is 0 Å². The SMILES string of the molecule is COc1cccc(F)c1C(=O)c1ncc(Cl)cc1C. The summed E-state index contributed by atoms with van der Waals surface area (Å²) in [4.78, 5) is 16.3. The molecule has 5 heteroatoms. The Balaban J connectivity index is 2.56. The Bertz CT molecular complexity index is 643. The van der Waals surface area contributed by atoms with E-state index < -0.39 is 11.6 Å². The molecule has 0 bridgehead atoms. The highest BCUT2D eigenvalue weighted by Crippen LogP contribution is 2.25. The predicted octanol–water partition coefficient (Wildman–Crippen LogP) is 3.42. The van der Waals surface area contributed by atoms with Crippen LogP contribution in [0.1, 0.15) is 21.6 Å². The molecule has 0 spiro atoms. The number of aromatic nitrogens is 1. The lowest BCUT2D eigenvalue weighted by Crippen LogP contribution is -2.10. The topological polar surface area (TPSA) is 39.2 Å². The molecule has 19 heavy (non-hydrogen) atoms. The molecule has 0 aliphatic heterocycles. The van der Waals surface area contributed by atoms with Gasteiger partial charge in [-0.3, -0.25) is 9.78 Å². The van der Waals surface area contributed by atoms with Gasteiger partial charge in [0, 0.05) is 6.20 Å². The van der Waals surface area contributed by atoms with Crippen molar-refractivity contribution in [2.75, 3.05) is 7.11 Å². The summed E-state index contributed by atoms with van der Waals surface area (Å²) in [7, 11) is 1.38. The van der Waals surface area contributed by atoms with E-state index in [1.165, 1.54) is 31.5 Å². The highest BCUT2D eigenvalue weighted by molar-refractivity contribution is 6.30. The second-order valence-electron chi connectivity index (χ2n) is 3.97. The second-order valence-corrected chi connectivity index (χ2v) is 4.40. The first-order valence-corrected chi connectivity index (χ1v) is 5.91. The van der Waals surface area contributed by atoms with Crippen LogP contribution in [-0.4, -0.2) is 17.9 Å². The molecule has 0 aliphatic rings. The van der Waals surface area contributed by atoms with Gasteiger partial charge in [0.05, 0.1) is 12.1 Å². The predicted molar refractivity (Wildman–Crippen MR) is 70.4 cm³/mol. The Kier molecular flexibility index (Phi) is 3.81. The van der Waals surface area contributed by atoms with E-state index in [0.717, 1.165) is 0 Å². The van der Waals surface area contributed by atoms with Crippen LogP contribution in [0.2, 0.25) is 5.02 Å². The number of nitrogens with zero attached hydrogens (tertiary/aromatic N) is 1. The second kappa shape index (κ2) is 5.36. The van der Waals surface area contributed by atoms with Crippen molar-refractivity contribution in [2.24, 2.45) is 0 Å². The Labute approximate surface area is 115 Å². The largest absolute Gasteiger partial charge is 0.496 e. The number of aryl methyl sites for hydroxylation is 1. The third-order valence-electron chi connectivity index (χ3n) is 2.68. The van der Waals surface area contributed by atoms with Crippen LogP contribution in [0.3, 0.4) is 0 Å². The maximum atomic E-state index is 13.8. The average Bonchev–Trinajstić information content (AvgIpc) is 2.37. The van der Waals surface area contributed by atoms with Gasteiger partial charge in [0.1, 0.15) is 22.8 Å². The molecule has 1 heterocycles. The summed E-state index contributed by atoms with van der Waals surface area (Å²) in [6.45, 7) is 1.69. The lowest BCUT2D eigenvalue weighted by molar-refractivity contribution is 0.102. The van der Waals surface area contributed by atoms with Gasteiger partial charge in [-0.05, 0) is 30.7 Å². The lowest BCUT2D eigenvalue weighted by Gasteiger charge is -2.09. The third kappa shape index (κ3) is 2.58. The molecule has 2 aromatic rings. The number of hydrogen-bond acceptors (Lipinski definition) is 3. The standard InChI is InChI=1S/C14H11ClFNO2/c1-8-6-9(15)7-17-13(8)14(18)12-10(16)4-3-5-11(12)19-2/h3-7H,1-2H3. The molecule has 0 amide bonds. The zero-order valence-electron chi connectivity index (χ0n) is 10.4. The number of hydrogen-bond donors (Lipinski definition) is 0. The zero-order chi connectivity index (χ0) is 14.0. The Morgan fingerprint density at radius 2 is 2.16 bits per heavy atom. The van der Waals surface area contributed by atoms with Gasteiger partial charge in [-0.2, -0.15) is 0 Å². The van der Waals surface area contributed by atoms with Crippen LogP contribution in [0.15, 0.2) is 30.5 Å². The van der Waals surface area contributed by atoms with Crippen LogP contribution in [-0.2, 0) is 0 Å². The number of halogens is 2. The first-order chi connectivity index (χ1) is 9.04. The first kappa shape index (κ1) is 13.5. The van der Waals surface area contributed by atoms with Gasteiger partial charge in [-0.1, -0.05) is 17.7 Å². The fourth-order valence-corrected chi connectivity index (χ4v) is 2.00. The molecule has 2 rings (SSSR count). The molecule has 0 fully saturated rings. The van der Waals surface area contributed by atoms with Crippen molar-refractivity contribution in [1.82, 2.24) is 4.98 Å². The molecule has 1 aromatic carbocycles. The molecule has 0 saturated carbocycles. The van der Waals surface area contributed by atoms with Crippen LogP contribution >= 0.6 is 11.6 Å². The highest BCUT2D eigenvalue weighted by atomic mass is 35.5. The van der Waals surface area contributed by atoms with Crippen LogP contribution in [0, 0.1) is 12.7 Å². The van der Waals surface area contributed by atoms with Crippen molar-refractivity contribution < 1.29 is 13.9 Å². The van der Waals surface area contributed by atoms with Gasteiger partial charge < -0.3 is 4.74 Å². The summed E-state index contributed by atoms with van der Waals surface area (Å²) >= 11 is 5.78. The number of pyridine rings is 1. The van der Waals surface area contributed by atoms with E-state index in [4.69, 9.17) is 16.3 Å². The van der Waals surface area contributed by atoms with Crippen molar-refractivity contribution in [2.45, 2.75) is 6.92 Å². The summed E-state index contributed by atoms with van der Waals surface area (Å²) in [5.41, 5.74) is 0.624. The normalized spacial score (nSPS) is 10.3.